The molecule has 2 aromatic carbocycles. The Hall–Kier alpha value is -2.89. The Kier molecular flexibility index (Phi) is 5.51. The molecule has 3 aromatic rings. The van der Waals surface area contributed by atoms with Crippen LogP contribution in [0, 0.1) is 0 Å². The first kappa shape index (κ1) is 17.9. The highest BCUT2D eigenvalue weighted by Gasteiger charge is 2.20. The van der Waals surface area contributed by atoms with Crippen molar-refractivity contribution in [3.63, 3.8) is 0 Å². The number of hydrogen-bond donors (Lipinski definition) is 2. The van der Waals surface area contributed by atoms with Gasteiger partial charge < -0.3 is 14.9 Å². The first-order valence-corrected chi connectivity index (χ1v) is 8.35. The zero-order chi connectivity index (χ0) is 18.5. The van der Waals surface area contributed by atoms with E-state index in [1.54, 1.807) is 25.2 Å². The Labute approximate surface area is 155 Å². The third-order valence-electron chi connectivity index (χ3n) is 3.96. The van der Waals surface area contributed by atoms with Crippen LogP contribution in [0.15, 0.2) is 59.1 Å². The van der Waals surface area contributed by atoms with Crippen molar-refractivity contribution in [2.45, 2.75) is 6.61 Å². The lowest BCUT2D eigenvalue weighted by molar-refractivity contribution is -0.103. The Balaban J connectivity index is 2.34. The van der Waals surface area contributed by atoms with Crippen LogP contribution in [0.2, 0.25) is 5.02 Å². The number of nitrogens with zero attached hydrogens (tertiary/aromatic N) is 1. The van der Waals surface area contributed by atoms with Gasteiger partial charge in [0, 0.05) is 35.0 Å². The predicted octanol–water partition coefficient (Wildman–Crippen LogP) is 4.02. The predicted molar refractivity (Wildman–Crippen MR) is 102 cm³/mol. The summed E-state index contributed by atoms with van der Waals surface area (Å²) in [5.74, 6) is 0.282. The minimum absolute atomic E-state index is 0.269. The van der Waals surface area contributed by atoms with E-state index in [0.29, 0.717) is 21.9 Å². The summed E-state index contributed by atoms with van der Waals surface area (Å²) >= 11 is 6.22. The summed E-state index contributed by atoms with van der Waals surface area (Å²) < 4.78 is 5.28. The number of anilines is 1. The minimum Gasteiger partial charge on any atom is -0.390 e. The number of benzene rings is 2. The van der Waals surface area contributed by atoms with Gasteiger partial charge in [-0.15, -0.1) is 0 Å². The number of aliphatic hydroxyl groups excluding tert-OH is 1. The normalized spacial score (nSPS) is 11.8. The molecule has 0 saturated heterocycles. The quantitative estimate of drug-likeness (QED) is 0.507. The second-order valence-corrected chi connectivity index (χ2v) is 5.99. The summed E-state index contributed by atoms with van der Waals surface area (Å²) in [6.07, 6.45) is 0.727. The molecular weight excluding hydrogens is 352 g/mol. The summed E-state index contributed by atoms with van der Waals surface area (Å²) in [4.78, 5) is 12.0. The monoisotopic (exact) mass is 368 g/mol. The molecule has 0 unspecified atom stereocenters. The largest absolute Gasteiger partial charge is 0.390 e. The molecule has 1 aromatic heterocycles. The fourth-order valence-electron chi connectivity index (χ4n) is 2.76. The average Bonchev–Trinajstić information content (AvgIpc) is 3.15. The maximum absolute atomic E-state index is 12.0. The Morgan fingerprint density at radius 1 is 1.23 bits per heavy atom. The molecule has 2 N–H and O–H groups in total. The molecule has 0 spiro atoms. The number of aliphatic hydroxyl groups is 1. The van der Waals surface area contributed by atoms with Gasteiger partial charge in [-0.2, -0.15) is 0 Å². The van der Waals surface area contributed by atoms with Crippen LogP contribution < -0.4 is 5.32 Å². The highest BCUT2D eigenvalue weighted by Crippen LogP contribution is 2.36. The van der Waals surface area contributed by atoms with Crippen molar-refractivity contribution < 1.29 is 14.4 Å². The molecule has 6 heteroatoms. The average molecular weight is 369 g/mol. The van der Waals surface area contributed by atoms with E-state index in [0.717, 1.165) is 23.1 Å². The maximum Gasteiger partial charge on any atom is 0.171 e. The number of carbonyl (C=O) groups excluding carboxylic acids is 1. The smallest absolute Gasteiger partial charge is 0.171 e. The molecule has 0 radical (unpaired) electrons. The van der Waals surface area contributed by atoms with Gasteiger partial charge in [-0.25, -0.2) is 0 Å². The first-order valence-electron chi connectivity index (χ1n) is 7.97. The van der Waals surface area contributed by atoms with Gasteiger partial charge in [0.1, 0.15) is 5.69 Å². The van der Waals surface area contributed by atoms with Crippen molar-refractivity contribution in [1.29, 1.82) is 0 Å². The zero-order valence-corrected chi connectivity index (χ0v) is 14.8. The summed E-state index contributed by atoms with van der Waals surface area (Å²) in [6, 6.07) is 16.5. The van der Waals surface area contributed by atoms with Gasteiger partial charge in [-0.1, -0.05) is 47.1 Å². The van der Waals surface area contributed by atoms with E-state index in [1.807, 2.05) is 36.4 Å². The summed E-state index contributed by atoms with van der Waals surface area (Å²) in [6.45, 7) is -0.269. The summed E-state index contributed by atoms with van der Waals surface area (Å²) in [5, 5.41) is 16.7. The molecule has 1 heterocycles. The van der Waals surface area contributed by atoms with Crippen LogP contribution in [-0.2, 0) is 11.4 Å². The van der Waals surface area contributed by atoms with Crippen LogP contribution in [0.1, 0.15) is 22.6 Å². The van der Waals surface area contributed by atoms with E-state index in [4.69, 9.17) is 16.1 Å². The second kappa shape index (κ2) is 7.99. The number of allylic oxidation sites excluding steroid dienone is 1. The highest BCUT2D eigenvalue weighted by atomic mass is 35.5. The van der Waals surface area contributed by atoms with Crippen LogP contribution >= 0.6 is 11.6 Å². The van der Waals surface area contributed by atoms with E-state index < -0.39 is 0 Å². The molecule has 0 aliphatic carbocycles. The van der Waals surface area contributed by atoms with Crippen LogP contribution in [0.25, 0.3) is 11.1 Å². The fraction of sp³-hybridized carbons (Fsp3) is 0.100. The van der Waals surface area contributed by atoms with E-state index in [9.17, 15) is 9.90 Å². The maximum atomic E-state index is 12.0. The van der Waals surface area contributed by atoms with E-state index >= 15 is 0 Å². The third-order valence-corrected chi connectivity index (χ3v) is 4.19. The van der Waals surface area contributed by atoms with E-state index in [2.05, 4.69) is 10.5 Å². The van der Waals surface area contributed by atoms with Crippen LogP contribution in [-0.4, -0.2) is 23.6 Å². The van der Waals surface area contributed by atoms with Crippen molar-refractivity contribution in [3.8, 4) is 0 Å². The van der Waals surface area contributed by atoms with Gasteiger partial charge in [0.15, 0.2) is 12.0 Å². The zero-order valence-electron chi connectivity index (χ0n) is 14.1. The number of carbonyl (C=O) groups is 1. The molecule has 5 nitrogen and oxygen atoms in total. The van der Waals surface area contributed by atoms with Gasteiger partial charge in [0.2, 0.25) is 0 Å². The minimum atomic E-state index is -0.269. The van der Waals surface area contributed by atoms with Gasteiger partial charge in [-0.3, -0.25) is 4.79 Å². The van der Waals surface area contributed by atoms with Crippen LogP contribution in [0.3, 0.4) is 0 Å². The Bertz CT molecular complexity index is 949. The number of nitrogens with one attached hydrogen (secondary N) is 1. The van der Waals surface area contributed by atoms with Crippen molar-refractivity contribution in [2.24, 2.45) is 0 Å². The molecular formula is C20H17ClN2O3. The Morgan fingerprint density at radius 2 is 2.00 bits per heavy atom. The SMILES string of the molecule is CNc1ccc(Cl)cc1/C(=C(\C=O)c1cc(CO)no1)c1ccccc1. The van der Waals surface area contributed by atoms with Crippen molar-refractivity contribution in [2.75, 3.05) is 12.4 Å². The first-order chi connectivity index (χ1) is 12.7. The molecule has 132 valence electrons. The lowest BCUT2D eigenvalue weighted by atomic mass is 9.91. The standard InChI is InChI=1S/C20H17ClN2O3/c1-22-18-8-7-14(21)9-16(18)20(13-5-3-2-4-6-13)17(12-25)19-10-15(11-24)23-26-19/h2-10,12,22,24H,11H2,1H3/b20-17+. The molecule has 3 rings (SSSR count). The van der Waals surface area contributed by atoms with E-state index in [1.165, 1.54) is 0 Å². The van der Waals surface area contributed by atoms with Crippen molar-refractivity contribution in [1.82, 2.24) is 5.16 Å². The molecule has 0 aliphatic heterocycles. The molecule has 0 fully saturated rings. The molecule has 0 saturated carbocycles. The molecule has 0 amide bonds. The van der Waals surface area contributed by atoms with Gasteiger partial charge in [-0.05, 0) is 23.8 Å². The summed E-state index contributed by atoms with van der Waals surface area (Å²) in [7, 11) is 1.80. The number of rotatable bonds is 6. The lowest BCUT2D eigenvalue weighted by Crippen LogP contribution is -2.00. The number of aromatic nitrogens is 1. The molecule has 0 aliphatic rings. The number of aldehydes is 1. The summed E-state index contributed by atoms with van der Waals surface area (Å²) in [5.41, 5.74) is 3.74. The Morgan fingerprint density at radius 3 is 2.62 bits per heavy atom. The van der Waals surface area contributed by atoms with Crippen LogP contribution in [0.4, 0.5) is 5.69 Å². The number of hydrogen-bond acceptors (Lipinski definition) is 5. The second-order valence-electron chi connectivity index (χ2n) is 5.55. The molecule has 26 heavy (non-hydrogen) atoms. The van der Waals surface area contributed by atoms with E-state index in [-0.39, 0.29) is 12.4 Å². The van der Waals surface area contributed by atoms with Crippen molar-refractivity contribution >= 4 is 34.7 Å². The third kappa shape index (κ3) is 3.54. The molecule has 0 bridgehead atoms. The van der Waals surface area contributed by atoms with Gasteiger partial charge in [0.25, 0.3) is 0 Å². The topological polar surface area (TPSA) is 75.4 Å². The van der Waals surface area contributed by atoms with Gasteiger partial charge in [0.05, 0.1) is 12.2 Å². The van der Waals surface area contributed by atoms with Crippen molar-refractivity contribution in [3.05, 3.63) is 82.2 Å². The van der Waals surface area contributed by atoms with Crippen LogP contribution in [0.5, 0.6) is 0 Å². The van der Waals surface area contributed by atoms with Gasteiger partial charge >= 0.3 is 0 Å². The fourth-order valence-corrected chi connectivity index (χ4v) is 2.93. The number of halogens is 1. The lowest BCUT2D eigenvalue weighted by Gasteiger charge is -2.16. The molecule has 0 atom stereocenters. The highest BCUT2D eigenvalue weighted by molar-refractivity contribution is 6.31.